The molecule has 0 aliphatic carbocycles. The molecule has 0 aromatic heterocycles. The molecule has 1 saturated heterocycles. The number of aromatic carboxylic acids is 1. The Bertz CT molecular complexity index is 1280. The molecule has 0 radical (unpaired) electrons. The van der Waals surface area contributed by atoms with E-state index in [1.165, 1.54) is 11.6 Å². The molecule has 0 saturated carbocycles. The molecule has 3 N–H and O–H groups in total. The van der Waals surface area contributed by atoms with Crippen molar-refractivity contribution >= 4 is 34.5 Å². The number of carboxylic acid groups (broad SMARTS) is 1. The van der Waals surface area contributed by atoms with Gasteiger partial charge in [0.2, 0.25) is 0 Å². The number of hydrogen-bond acceptors (Lipinski definition) is 5. The zero-order chi connectivity index (χ0) is 24.4. The van der Waals surface area contributed by atoms with Crippen LogP contribution in [0.15, 0.2) is 72.8 Å². The molecule has 3 aromatic carbocycles. The monoisotopic (exact) mass is 468 g/mol. The van der Waals surface area contributed by atoms with Crippen LogP contribution in [-0.2, 0) is 11.3 Å². The predicted octanol–water partition coefficient (Wildman–Crippen LogP) is 4.06. The van der Waals surface area contributed by atoms with Gasteiger partial charge in [0.05, 0.1) is 16.8 Å². The fraction of sp³-hybridized carbons (Fsp3) is 0.214. The first kappa shape index (κ1) is 22.8. The lowest BCUT2D eigenvalue weighted by Gasteiger charge is -2.32. The van der Waals surface area contributed by atoms with Crippen LogP contribution in [-0.4, -0.2) is 60.0 Å². The van der Waals surface area contributed by atoms with Crippen LogP contribution in [0, 0.1) is 0 Å². The molecule has 1 amide bonds. The Hall–Kier alpha value is -3.94. The van der Waals surface area contributed by atoms with E-state index in [9.17, 15) is 14.7 Å². The summed E-state index contributed by atoms with van der Waals surface area (Å²) in [5.41, 5.74) is 5.32. The molecule has 0 atom stereocenters. The van der Waals surface area contributed by atoms with Gasteiger partial charge in [-0.05, 0) is 48.5 Å². The maximum Gasteiger partial charge on any atom is 0.335 e. The van der Waals surface area contributed by atoms with Crippen molar-refractivity contribution < 1.29 is 14.7 Å². The number of anilines is 2. The van der Waals surface area contributed by atoms with Crippen molar-refractivity contribution in [1.82, 2.24) is 9.80 Å². The fourth-order valence-electron chi connectivity index (χ4n) is 4.53. The number of carbonyl (C=O) groups is 2. The molecule has 3 aromatic rings. The normalized spacial score (nSPS) is 17.6. The third-order valence-electron chi connectivity index (χ3n) is 6.55. The Kier molecular flexibility index (Phi) is 6.35. The van der Waals surface area contributed by atoms with E-state index in [1.807, 2.05) is 42.5 Å². The summed E-state index contributed by atoms with van der Waals surface area (Å²) in [6.07, 6.45) is 0. The third-order valence-corrected chi connectivity index (χ3v) is 6.55. The zero-order valence-corrected chi connectivity index (χ0v) is 19.6. The van der Waals surface area contributed by atoms with Crippen molar-refractivity contribution in [1.29, 1.82) is 0 Å². The van der Waals surface area contributed by atoms with Crippen LogP contribution < -0.4 is 10.6 Å². The SMILES string of the molecule is CN1CCN(Cc2ccc(NC(=C3C(=O)Nc4ccc(C(=O)O)cc43)c3ccccc3)cc2)CC1. The summed E-state index contributed by atoms with van der Waals surface area (Å²) in [5.74, 6) is -1.29. The number of nitrogens with one attached hydrogen (secondary N) is 2. The van der Waals surface area contributed by atoms with Gasteiger partial charge in [-0.3, -0.25) is 9.69 Å². The zero-order valence-electron chi connectivity index (χ0n) is 19.6. The number of carboxylic acids is 1. The number of piperazine rings is 1. The quantitative estimate of drug-likeness (QED) is 0.473. The summed E-state index contributed by atoms with van der Waals surface area (Å²) in [5, 5.41) is 15.8. The standard InChI is InChI=1S/C28H28N4O3/c1-31-13-15-32(16-14-31)18-19-7-10-22(11-8-19)29-26(20-5-3-2-4-6-20)25-23-17-21(28(34)35)9-12-24(23)30-27(25)33/h2-12,17,29H,13-16,18H2,1H3,(H,30,33)(H,34,35). The average Bonchev–Trinajstić information content (AvgIpc) is 3.20. The minimum Gasteiger partial charge on any atom is -0.478 e. The van der Waals surface area contributed by atoms with Crippen LogP contribution in [0.3, 0.4) is 0 Å². The van der Waals surface area contributed by atoms with Gasteiger partial charge in [-0.15, -0.1) is 0 Å². The van der Waals surface area contributed by atoms with Crippen molar-refractivity contribution in [3.63, 3.8) is 0 Å². The third kappa shape index (κ3) is 4.96. The molecular weight excluding hydrogens is 440 g/mol. The number of amides is 1. The number of nitrogens with zero attached hydrogens (tertiary/aromatic N) is 2. The van der Waals surface area contributed by atoms with E-state index in [0.29, 0.717) is 22.5 Å². The first-order valence-electron chi connectivity index (χ1n) is 11.7. The second kappa shape index (κ2) is 9.74. The van der Waals surface area contributed by atoms with Gasteiger partial charge < -0.3 is 20.6 Å². The van der Waals surface area contributed by atoms with Gasteiger partial charge in [-0.25, -0.2) is 4.79 Å². The molecule has 2 heterocycles. The van der Waals surface area contributed by atoms with E-state index in [-0.39, 0.29) is 11.5 Å². The highest BCUT2D eigenvalue weighted by Gasteiger charge is 2.29. The predicted molar refractivity (Wildman–Crippen MR) is 138 cm³/mol. The van der Waals surface area contributed by atoms with E-state index in [4.69, 9.17) is 0 Å². The molecule has 0 spiro atoms. The molecule has 7 heteroatoms. The number of fused-ring (bicyclic) bond motifs is 1. The van der Waals surface area contributed by atoms with Crippen molar-refractivity contribution in [2.45, 2.75) is 6.54 Å². The molecular formula is C28H28N4O3. The molecule has 2 aliphatic rings. The Morgan fingerprint density at radius 2 is 1.66 bits per heavy atom. The van der Waals surface area contributed by atoms with Gasteiger partial charge >= 0.3 is 5.97 Å². The molecule has 2 aliphatic heterocycles. The molecule has 35 heavy (non-hydrogen) atoms. The lowest BCUT2D eigenvalue weighted by molar-refractivity contribution is -0.110. The van der Waals surface area contributed by atoms with Gasteiger partial charge in [0.15, 0.2) is 0 Å². The van der Waals surface area contributed by atoms with E-state index in [1.54, 1.807) is 12.1 Å². The lowest BCUT2D eigenvalue weighted by Crippen LogP contribution is -2.43. The summed E-state index contributed by atoms with van der Waals surface area (Å²) in [7, 11) is 2.15. The van der Waals surface area contributed by atoms with Gasteiger partial charge in [0, 0.05) is 49.7 Å². The Balaban J connectivity index is 1.47. The highest BCUT2D eigenvalue weighted by molar-refractivity contribution is 6.37. The van der Waals surface area contributed by atoms with Crippen molar-refractivity contribution in [2.24, 2.45) is 0 Å². The number of carbonyl (C=O) groups excluding carboxylic acids is 1. The van der Waals surface area contributed by atoms with Crippen LogP contribution in [0.25, 0.3) is 11.3 Å². The molecule has 5 rings (SSSR count). The van der Waals surface area contributed by atoms with Gasteiger partial charge in [0.25, 0.3) is 5.91 Å². The fourth-order valence-corrected chi connectivity index (χ4v) is 4.53. The number of hydrogen-bond donors (Lipinski definition) is 3. The Morgan fingerprint density at radius 1 is 0.943 bits per heavy atom. The van der Waals surface area contributed by atoms with E-state index >= 15 is 0 Å². The second-order valence-corrected chi connectivity index (χ2v) is 9.04. The largest absolute Gasteiger partial charge is 0.478 e. The number of rotatable bonds is 6. The summed E-state index contributed by atoms with van der Waals surface area (Å²) >= 11 is 0. The summed E-state index contributed by atoms with van der Waals surface area (Å²) in [6.45, 7) is 5.21. The van der Waals surface area contributed by atoms with Crippen molar-refractivity contribution in [3.8, 4) is 0 Å². The van der Waals surface area contributed by atoms with Gasteiger partial charge in [-0.2, -0.15) is 0 Å². The summed E-state index contributed by atoms with van der Waals surface area (Å²) < 4.78 is 0. The number of benzene rings is 3. The highest BCUT2D eigenvalue weighted by atomic mass is 16.4. The Morgan fingerprint density at radius 3 is 2.34 bits per heavy atom. The van der Waals surface area contributed by atoms with E-state index in [0.717, 1.165) is 44.0 Å². The summed E-state index contributed by atoms with van der Waals surface area (Å²) in [6, 6.07) is 22.6. The smallest absolute Gasteiger partial charge is 0.335 e. The maximum atomic E-state index is 13.1. The minimum absolute atomic E-state index is 0.137. The summed E-state index contributed by atoms with van der Waals surface area (Å²) in [4.78, 5) is 29.4. The first-order chi connectivity index (χ1) is 17.0. The first-order valence-corrected chi connectivity index (χ1v) is 11.7. The van der Waals surface area contributed by atoms with Crippen LogP contribution >= 0.6 is 0 Å². The molecule has 0 bridgehead atoms. The molecule has 178 valence electrons. The molecule has 0 unspecified atom stereocenters. The minimum atomic E-state index is -1.03. The Labute approximate surface area is 204 Å². The van der Waals surface area contributed by atoms with Crippen LogP contribution in [0.1, 0.15) is 27.0 Å². The van der Waals surface area contributed by atoms with E-state index in [2.05, 4.69) is 39.6 Å². The van der Waals surface area contributed by atoms with Gasteiger partial charge in [-0.1, -0.05) is 42.5 Å². The molecule has 1 fully saturated rings. The van der Waals surface area contributed by atoms with E-state index < -0.39 is 5.97 Å². The van der Waals surface area contributed by atoms with Crippen molar-refractivity contribution in [3.05, 3.63) is 95.1 Å². The van der Waals surface area contributed by atoms with Crippen LogP contribution in [0.4, 0.5) is 11.4 Å². The highest BCUT2D eigenvalue weighted by Crippen LogP contribution is 2.38. The van der Waals surface area contributed by atoms with Crippen LogP contribution in [0.2, 0.25) is 0 Å². The second-order valence-electron chi connectivity index (χ2n) is 9.04. The number of likely N-dealkylation sites (N-methyl/N-ethyl adjacent to an activating group) is 1. The van der Waals surface area contributed by atoms with Crippen molar-refractivity contribution in [2.75, 3.05) is 43.9 Å². The van der Waals surface area contributed by atoms with Crippen LogP contribution in [0.5, 0.6) is 0 Å². The lowest BCUT2D eigenvalue weighted by atomic mass is 9.98. The topological polar surface area (TPSA) is 84.9 Å². The average molecular weight is 469 g/mol. The van der Waals surface area contributed by atoms with Gasteiger partial charge in [0.1, 0.15) is 0 Å². The molecule has 7 nitrogen and oxygen atoms in total. The maximum absolute atomic E-state index is 13.1.